The van der Waals surface area contributed by atoms with Crippen molar-refractivity contribution in [2.24, 2.45) is 0 Å². The van der Waals surface area contributed by atoms with E-state index in [4.69, 9.17) is 9.83 Å². The van der Waals surface area contributed by atoms with Gasteiger partial charge in [0, 0.05) is 47.4 Å². The molecule has 0 bridgehead atoms. The first-order valence-electron chi connectivity index (χ1n) is 9.25. The first-order chi connectivity index (χ1) is 13.6. The van der Waals surface area contributed by atoms with Crippen LogP contribution in [-0.2, 0) is 0 Å². The monoisotopic (exact) mass is 370 g/mol. The van der Waals surface area contributed by atoms with Crippen LogP contribution >= 0.6 is 0 Å². The van der Waals surface area contributed by atoms with Crippen LogP contribution in [0, 0.1) is 5.41 Å². The van der Waals surface area contributed by atoms with Gasteiger partial charge in [0.1, 0.15) is 11.3 Å². The maximum Gasteiger partial charge on any atom is 0.336 e. The number of rotatable bonds is 3. The smallest absolute Gasteiger partial charge is 0.336 e. The number of hydrogen-bond donors (Lipinski definition) is 2. The summed E-state index contributed by atoms with van der Waals surface area (Å²) in [5, 5.41) is 18.9. The Morgan fingerprint density at radius 1 is 1.00 bits per heavy atom. The second-order valence-corrected chi connectivity index (χ2v) is 7.06. The summed E-state index contributed by atoms with van der Waals surface area (Å²) < 4.78 is 6.15. The number of carboxylic acid groups (broad SMARTS) is 1. The van der Waals surface area contributed by atoms with Gasteiger partial charge in [-0.2, -0.15) is 0 Å². The van der Waals surface area contributed by atoms with Crippen molar-refractivity contribution in [3.8, 4) is 22.5 Å². The minimum Gasteiger partial charge on any atom is -0.478 e. The number of carbonyl (C=O) groups is 1. The number of anilines is 1. The molecule has 28 heavy (non-hydrogen) atoms. The Morgan fingerprint density at radius 3 is 2.57 bits per heavy atom. The summed E-state index contributed by atoms with van der Waals surface area (Å²) in [7, 11) is 0. The molecule has 0 aromatic heterocycles. The Balaban J connectivity index is 1.88. The molecule has 2 N–H and O–H groups in total. The SMILES string of the molecule is N=c1ccc2c(-c3ccccc3C(=O)O)c3ccc(N4CCC4)cc3oc-2c1. The lowest BCUT2D eigenvalue weighted by Crippen LogP contribution is -2.36. The first-order valence-corrected chi connectivity index (χ1v) is 9.25. The fourth-order valence-electron chi connectivity index (χ4n) is 3.83. The van der Waals surface area contributed by atoms with Crippen molar-refractivity contribution in [3.05, 3.63) is 71.6 Å². The highest BCUT2D eigenvalue weighted by atomic mass is 16.4. The Bertz CT molecular complexity index is 1250. The summed E-state index contributed by atoms with van der Waals surface area (Å²) in [6, 6.07) is 18.3. The van der Waals surface area contributed by atoms with Gasteiger partial charge >= 0.3 is 5.97 Å². The highest BCUT2D eigenvalue weighted by Gasteiger charge is 2.22. The number of benzene rings is 3. The van der Waals surface area contributed by atoms with Crippen LogP contribution in [-0.4, -0.2) is 24.2 Å². The fraction of sp³-hybridized carbons (Fsp3) is 0.130. The molecule has 1 saturated heterocycles. The zero-order chi connectivity index (χ0) is 19.3. The Hall–Kier alpha value is -3.60. The van der Waals surface area contributed by atoms with E-state index in [2.05, 4.69) is 11.0 Å². The third-order valence-corrected chi connectivity index (χ3v) is 5.35. The van der Waals surface area contributed by atoms with Crippen molar-refractivity contribution in [3.63, 3.8) is 0 Å². The second-order valence-electron chi connectivity index (χ2n) is 7.06. The van der Waals surface area contributed by atoms with Gasteiger partial charge in [0.2, 0.25) is 0 Å². The summed E-state index contributed by atoms with van der Waals surface area (Å²) in [6.45, 7) is 2.06. The molecule has 1 aliphatic carbocycles. The quantitative estimate of drug-likeness (QED) is 0.517. The summed E-state index contributed by atoms with van der Waals surface area (Å²) in [5.74, 6) is -0.386. The molecule has 2 aromatic carbocycles. The lowest BCUT2D eigenvalue weighted by atomic mass is 9.90. The normalized spacial score (nSPS) is 13.6. The van der Waals surface area contributed by atoms with Crippen LogP contribution in [0.15, 0.2) is 65.1 Å². The van der Waals surface area contributed by atoms with E-state index in [0.29, 0.717) is 22.3 Å². The average Bonchev–Trinajstić information content (AvgIpc) is 2.64. The minimum atomic E-state index is -0.966. The zero-order valence-electron chi connectivity index (χ0n) is 15.1. The second kappa shape index (κ2) is 6.23. The molecule has 0 unspecified atom stereocenters. The first kappa shape index (κ1) is 16.6. The predicted octanol–water partition coefficient (Wildman–Crippen LogP) is 4.59. The minimum absolute atomic E-state index is 0.248. The van der Waals surface area contributed by atoms with E-state index in [1.165, 1.54) is 6.42 Å². The largest absolute Gasteiger partial charge is 0.478 e. The van der Waals surface area contributed by atoms with E-state index < -0.39 is 5.97 Å². The van der Waals surface area contributed by atoms with Crippen LogP contribution in [0.1, 0.15) is 16.8 Å². The van der Waals surface area contributed by atoms with Gasteiger partial charge in [-0.15, -0.1) is 0 Å². The van der Waals surface area contributed by atoms with E-state index in [9.17, 15) is 9.90 Å². The van der Waals surface area contributed by atoms with Gasteiger partial charge in [-0.3, -0.25) is 0 Å². The maximum atomic E-state index is 11.9. The molecule has 138 valence electrons. The summed E-state index contributed by atoms with van der Waals surface area (Å²) in [6.07, 6.45) is 1.19. The molecule has 2 heterocycles. The molecule has 2 aliphatic heterocycles. The van der Waals surface area contributed by atoms with Crippen molar-refractivity contribution in [2.75, 3.05) is 18.0 Å². The summed E-state index contributed by atoms with van der Waals surface area (Å²) in [5.41, 5.74) is 4.31. The maximum absolute atomic E-state index is 11.9. The Kier molecular flexibility index (Phi) is 3.69. The average molecular weight is 370 g/mol. The molecule has 2 aromatic rings. The highest BCUT2D eigenvalue weighted by molar-refractivity contribution is 6.07. The Morgan fingerprint density at radius 2 is 1.82 bits per heavy atom. The van der Waals surface area contributed by atoms with Gasteiger partial charge in [-0.05, 0) is 42.3 Å². The molecular weight excluding hydrogens is 352 g/mol. The molecule has 0 spiro atoms. The fourth-order valence-corrected chi connectivity index (χ4v) is 3.83. The predicted molar refractivity (Wildman–Crippen MR) is 108 cm³/mol. The molecule has 0 radical (unpaired) electrons. The summed E-state index contributed by atoms with van der Waals surface area (Å²) in [4.78, 5) is 14.1. The van der Waals surface area contributed by atoms with E-state index in [-0.39, 0.29) is 5.56 Å². The van der Waals surface area contributed by atoms with Gasteiger partial charge in [0.05, 0.1) is 10.9 Å². The van der Waals surface area contributed by atoms with Gasteiger partial charge in [-0.1, -0.05) is 18.2 Å². The molecule has 0 atom stereocenters. The van der Waals surface area contributed by atoms with Crippen LogP contribution in [0.3, 0.4) is 0 Å². The molecule has 5 nitrogen and oxygen atoms in total. The topological polar surface area (TPSA) is 77.5 Å². The standard InChI is InChI=1S/C23H18N2O3/c24-14-6-8-18-20(12-14)28-21-13-15(25-10-3-11-25)7-9-19(21)22(18)16-4-1-2-5-17(16)23(26)27/h1-2,4-9,12-13,24H,3,10-11H2,(H,26,27). The third kappa shape index (κ3) is 2.55. The summed E-state index contributed by atoms with van der Waals surface area (Å²) >= 11 is 0. The molecule has 0 amide bonds. The lowest BCUT2D eigenvalue weighted by molar-refractivity contribution is 0.0697. The van der Waals surface area contributed by atoms with Crippen molar-refractivity contribution >= 4 is 22.6 Å². The number of nitrogens with zero attached hydrogens (tertiary/aromatic N) is 1. The number of hydrogen-bond acceptors (Lipinski definition) is 4. The van der Waals surface area contributed by atoms with Gasteiger partial charge in [0.25, 0.3) is 0 Å². The van der Waals surface area contributed by atoms with Gasteiger partial charge in [-0.25, -0.2) is 4.79 Å². The Labute approximate surface area is 161 Å². The molecule has 1 fully saturated rings. The van der Waals surface area contributed by atoms with Crippen molar-refractivity contribution < 1.29 is 14.3 Å². The zero-order valence-corrected chi connectivity index (χ0v) is 15.1. The van der Waals surface area contributed by atoms with Crippen LogP contribution in [0.4, 0.5) is 5.69 Å². The number of fused-ring (bicyclic) bond motifs is 2. The number of aromatic carboxylic acids is 1. The molecule has 5 heteroatoms. The van der Waals surface area contributed by atoms with Gasteiger partial charge in [0.15, 0.2) is 0 Å². The van der Waals surface area contributed by atoms with Crippen molar-refractivity contribution in [1.82, 2.24) is 0 Å². The van der Waals surface area contributed by atoms with Crippen molar-refractivity contribution in [1.29, 1.82) is 5.41 Å². The van der Waals surface area contributed by atoms with Crippen LogP contribution in [0.5, 0.6) is 0 Å². The molecule has 3 aliphatic rings. The number of nitrogens with one attached hydrogen (secondary N) is 1. The number of carboxylic acids is 1. The van der Waals surface area contributed by atoms with Gasteiger partial charge < -0.3 is 19.8 Å². The molecule has 5 rings (SSSR count). The lowest BCUT2D eigenvalue weighted by Gasteiger charge is -2.33. The van der Waals surface area contributed by atoms with E-state index in [1.54, 1.807) is 24.3 Å². The van der Waals surface area contributed by atoms with E-state index >= 15 is 0 Å². The van der Waals surface area contributed by atoms with E-state index in [1.807, 2.05) is 30.3 Å². The van der Waals surface area contributed by atoms with Crippen LogP contribution in [0.25, 0.3) is 33.4 Å². The third-order valence-electron chi connectivity index (χ3n) is 5.35. The van der Waals surface area contributed by atoms with Crippen LogP contribution in [0.2, 0.25) is 0 Å². The highest BCUT2D eigenvalue weighted by Crippen LogP contribution is 2.42. The van der Waals surface area contributed by atoms with Crippen molar-refractivity contribution in [2.45, 2.75) is 6.42 Å². The van der Waals surface area contributed by atoms with E-state index in [0.717, 1.165) is 35.3 Å². The molecular formula is C23H18N2O3. The van der Waals surface area contributed by atoms with Crippen LogP contribution < -0.4 is 10.3 Å². The molecule has 0 saturated carbocycles.